The third-order valence-corrected chi connectivity index (χ3v) is 5.26. The van der Waals surface area contributed by atoms with Crippen LogP contribution in [0.2, 0.25) is 0 Å². The molecule has 0 bridgehead atoms. The third-order valence-electron chi connectivity index (χ3n) is 4.40. The predicted octanol–water partition coefficient (Wildman–Crippen LogP) is 2.00. The number of thiophene rings is 1. The summed E-state index contributed by atoms with van der Waals surface area (Å²) in [7, 11) is 0. The molecule has 0 aromatic carbocycles. The monoisotopic (exact) mass is 323 g/mol. The molecular formula is C16H25N3O2S. The number of nitrogens with one attached hydrogen (secondary N) is 1. The molecule has 2 aliphatic heterocycles. The largest absolute Gasteiger partial charge is 0.381 e. The van der Waals surface area contributed by atoms with Gasteiger partial charge in [-0.15, -0.1) is 11.3 Å². The fourth-order valence-corrected chi connectivity index (χ4v) is 3.79. The van der Waals surface area contributed by atoms with Gasteiger partial charge in [0.2, 0.25) is 0 Å². The molecule has 2 amide bonds. The van der Waals surface area contributed by atoms with Gasteiger partial charge in [0.1, 0.15) is 0 Å². The fourth-order valence-electron chi connectivity index (χ4n) is 3.04. The molecule has 22 heavy (non-hydrogen) atoms. The van der Waals surface area contributed by atoms with Gasteiger partial charge in [-0.2, -0.15) is 0 Å². The summed E-state index contributed by atoms with van der Waals surface area (Å²) in [4.78, 5) is 18.1. The number of rotatable bonds is 4. The van der Waals surface area contributed by atoms with Crippen LogP contribution >= 0.6 is 11.3 Å². The standard InChI is InChI=1S/C16H25N3O2S/c20-16(17-11-14-4-9-21-13-14)19-6-2-5-18(7-8-19)12-15-3-1-10-22-15/h1,3,10,14H,2,4-9,11-13H2,(H,17,20)/t14-/m1/s1. The van der Waals surface area contributed by atoms with E-state index in [0.717, 1.165) is 65.3 Å². The van der Waals surface area contributed by atoms with Gasteiger partial charge in [0.25, 0.3) is 0 Å². The van der Waals surface area contributed by atoms with E-state index in [4.69, 9.17) is 4.74 Å². The molecule has 122 valence electrons. The first-order valence-electron chi connectivity index (χ1n) is 8.16. The zero-order valence-electron chi connectivity index (χ0n) is 13.0. The van der Waals surface area contributed by atoms with Gasteiger partial charge in [0, 0.05) is 56.7 Å². The molecule has 1 N–H and O–H groups in total. The van der Waals surface area contributed by atoms with Gasteiger partial charge in [0.05, 0.1) is 6.61 Å². The summed E-state index contributed by atoms with van der Waals surface area (Å²) >= 11 is 1.81. The lowest BCUT2D eigenvalue weighted by molar-refractivity contribution is 0.180. The van der Waals surface area contributed by atoms with Crippen LogP contribution in [0.15, 0.2) is 17.5 Å². The number of hydrogen-bond donors (Lipinski definition) is 1. The number of carbonyl (C=O) groups is 1. The topological polar surface area (TPSA) is 44.8 Å². The summed E-state index contributed by atoms with van der Waals surface area (Å²) in [5.74, 6) is 0.492. The van der Waals surface area contributed by atoms with Gasteiger partial charge in [0.15, 0.2) is 0 Å². The average Bonchev–Trinajstić information content (AvgIpc) is 3.16. The van der Waals surface area contributed by atoms with Crippen LogP contribution in [-0.2, 0) is 11.3 Å². The SMILES string of the molecule is O=C(NC[C@H]1CCOC1)N1CCCN(Cc2cccs2)CC1. The van der Waals surface area contributed by atoms with Crippen molar-refractivity contribution < 1.29 is 9.53 Å². The van der Waals surface area contributed by atoms with E-state index in [9.17, 15) is 4.79 Å². The van der Waals surface area contributed by atoms with Crippen molar-refractivity contribution >= 4 is 17.4 Å². The molecular weight excluding hydrogens is 298 g/mol. The smallest absolute Gasteiger partial charge is 0.317 e. The fraction of sp³-hybridized carbons (Fsp3) is 0.688. The summed E-state index contributed by atoms with van der Waals surface area (Å²) in [5, 5.41) is 5.20. The highest BCUT2D eigenvalue weighted by atomic mass is 32.1. The Morgan fingerprint density at radius 3 is 3.09 bits per heavy atom. The maximum absolute atomic E-state index is 12.3. The first-order chi connectivity index (χ1) is 10.8. The summed E-state index contributed by atoms with van der Waals surface area (Å²) in [6.45, 7) is 7.07. The molecule has 2 saturated heterocycles. The lowest BCUT2D eigenvalue weighted by Gasteiger charge is -2.22. The van der Waals surface area contributed by atoms with Crippen molar-refractivity contribution in [2.75, 3.05) is 45.9 Å². The highest BCUT2D eigenvalue weighted by Gasteiger charge is 2.21. The van der Waals surface area contributed by atoms with Crippen LogP contribution in [-0.4, -0.2) is 61.8 Å². The molecule has 2 fully saturated rings. The van der Waals surface area contributed by atoms with Crippen molar-refractivity contribution in [3.8, 4) is 0 Å². The van der Waals surface area contributed by atoms with Gasteiger partial charge in [-0.3, -0.25) is 4.90 Å². The summed E-state index contributed by atoms with van der Waals surface area (Å²) in [6.07, 6.45) is 2.11. The van der Waals surface area contributed by atoms with Gasteiger partial charge in [-0.1, -0.05) is 6.07 Å². The maximum Gasteiger partial charge on any atom is 0.317 e. The Bertz CT molecular complexity index is 460. The van der Waals surface area contributed by atoms with Gasteiger partial charge in [-0.05, 0) is 24.3 Å². The van der Waals surface area contributed by atoms with Crippen LogP contribution in [0.4, 0.5) is 4.79 Å². The molecule has 6 heteroatoms. The van der Waals surface area contributed by atoms with E-state index in [1.54, 1.807) is 11.3 Å². The van der Waals surface area contributed by atoms with Crippen LogP contribution in [0.1, 0.15) is 17.7 Å². The van der Waals surface area contributed by atoms with E-state index in [1.165, 1.54) is 4.88 Å². The van der Waals surface area contributed by atoms with Crippen molar-refractivity contribution in [3.05, 3.63) is 22.4 Å². The first-order valence-corrected chi connectivity index (χ1v) is 9.04. The van der Waals surface area contributed by atoms with Gasteiger partial charge >= 0.3 is 6.03 Å². The number of hydrogen-bond acceptors (Lipinski definition) is 4. The normalized spacial score (nSPS) is 23.5. The minimum Gasteiger partial charge on any atom is -0.381 e. The van der Waals surface area contributed by atoms with Crippen molar-refractivity contribution in [3.63, 3.8) is 0 Å². The molecule has 5 nitrogen and oxygen atoms in total. The Morgan fingerprint density at radius 2 is 2.32 bits per heavy atom. The Kier molecular flexibility index (Phi) is 5.70. The molecule has 3 heterocycles. The Labute approximate surface area is 136 Å². The van der Waals surface area contributed by atoms with Gasteiger partial charge < -0.3 is 15.0 Å². The van der Waals surface area contributed by atoms with Crippen LogP contribution in [0.5, 0.6) is 0 Å². The third kappa shape index (κ3) is 4.44. The van der Waals surface area contributed by atoms with E-state index >= 15 is 0 Å². The minimum atomic E-state index is 0.0878. The second-order valence-electron chi connectivity index (χ2n) is 6.11. The molecule has 1 atom stereocenters. The van der Waals surface area contributed by atoms with E-state index in [1.807, 2.05) is 4.90 Å². The molecule has 0 radical (unpaired) electrons. The van der Waals surface area contributed by atoms with E-state index in [0.29, 0.717) is 5.92 Å². The molecule has 3 rings (SSSR count). The number of nitrogens with zero attached hydrogens (tertiary/aromatic N) is 2. The highest BCUT2D eigenvalue weighted by molar-refractivity contribution is 7.09. The lowest BCUT2D eigenvalue weighted by Crippen LogP contribution is -2.43. The average molecular weight is 323 g/mol. The van der Waals surface area contributed by atoms with Crippen LogP contribution < -0.4 is 5.32 Å². The van der Waals surface area contributed by atoms with Crippen LogP contribution in [0.25, 0.3) is 0 Å². The summed E-state index contributed by atoms with van der Waals surface area (Å²) in [6, 6.07) is 4.37. The molecule has 0 saturated carbocycles. The number of amides is 2. The van der Waals surface area contributed by atoms with Crippen molar-refractivity contribution in [1.29, 1.82) is 0 Å². The molecule has 0 spiro atoms. The number of carbonyl (C=O) groups excluding carboxylic acids is 1. The second kappa shape index (κ2) is 7.94. The van der Waals surface area contributed by atoms with E-state index in [-0.39, 0.29) is 6.03 Å². The van der Waals surface area contributed by atoms with Crippen LogP contribution in [0, 0.1) is 5.92 Å². The molecule has 2 aliphatic rings. The minimum absolute atomic E-state index is 0.0878. The second-order valence-corrected chi connectivity index (χ2v) is 7.14. The summed E-state index contributed by atoms with van der Waals surface area (Å²) in [5.41, 5.74) is 0. The van der Waals surface area contributed by atoms with Crippen molar-refractivity contribution in [2.45, 2.75) is 19.4 Å². The molecule has 1 aromatic rings. The quantitative estimate of drug-likeness (QED) is 0.922. The lowest BCUT2D eigenvalue weighted by atomic mass is 10.1. The molecule has 0 aliphatic carbocycles. The van der Waals surface area contributed by atoms with Crippen molar-refractivity contribution in [2.24, 2.45) is 5.92 Å². The number of urea groups is 1. The zero-order valence-corrected chi connectivity index (χ0v) is 13.8. The van der Waals surface area contributed by atoms with Crippen molar-refractivity contribution in [1.82, 2.24) is 15.1 Å². The zero-order chi connectivity index (χ0) is 15.2. The number of ether oxygens (including phenoxy) is 1. The predicted molar refractivity (Wildman–Crippen MR) is 88.1 cm³/mol. The van der Waals surface area contributed by atoms with Gasteiger partial charge in [-0.25, -0.2) is 4.79 Å². The van der Waals surface area contributed by atoms with E-state index in [2.05, 4.69) is 27.7 Å². The first kappa shape index (κ1) is 15.8. The van der Waals surface area contributed by atoms with E-state index < -0.39 is 0 Å². The summed E-state index contributed by atoms with van der Waals surface area (Å²) < 4.78 is 5.35. The molecule has 0 unspecified atom stereocenters. The Hall–Kier alpha value is -1.11. The Balaban J connectivity index is 1.42. The molecule has 1 aromatic heterocycles. The van der Waals surface area contributed by atoms with Crippen LogP contribution in [0.3, 0.4) is 0 Å². The Morgan fingerprint density at radius 1 is 1.36 bits per heavy atom. The highest BCUT2D eigenvalue weighted by Crippen LogP contribution is 2.14. The maximum atomic E-state index is 12.3.